The fourth-order valence-electron chi connectivity index (χ4n) is 1.12. The Kier molecular flexibility index (Phi) is 5.31. The van der Waals surface area contributed by atoms with Gasteiger partial charge in [0.1, 0.15) is 0 Å². The summed E-state index contributed by atoms with van der Waals surface area (Å²) in [4.78, 5) is 0. The van der Waals surface area contributed by atoms with E-state index in [1.54, 1.807) is 11.8 Å². The fraction of sp³-hybridized carbons (Fsp3) is 0.200. The standard InChI is InChI=1S/C10H11N3OS.ClH/c11-6-9-12-13-10(14-9)15-7-8-4-2-1-3-5-8;/h1-5H,6-7,11H2;1H. The van der Waals surface area contributed by atoms with Crippen LogP contribution in [0.5, 0.6) is 0 Å². The highest BCUT2D eigenvalue weighted by Gasteiger charge is 2.05. The van der Waals surface area contributed by atoms with Crippen LogP contribution in [-0.2, 0) is 12.3 Å². The van der Waals surface area contributed by atoms with E-state index in [0.717, 1.165) is 5.75 Å². The summed E-state index contributed by atoms with van der Waals surface area (Å²) in [6, 6.07) is 10.2. The topological polar surface area (TPSA) is 66.6 Å². The lowest BCUT2D eigenvalue weighted by Gasteiger charge is -1.96. The van der Waals surface area contributed by atoms with Gasteiger partial charge in [0.15, 0.2) is 6.54 Å². The van der Waals surface area contributed by atoms with Gasteiger partial charge >= 0.3 is 0 Å². The summed E-state index contributed by atoms with van der Waals surface area (Å²) in [7, 11) is 0. The largest absolute Gasteiger partial charge is 1.00 e. The monoisotopic (exact) mass is 257 g/mol. The molecule has 1 heterocycles. The van der Waals surface area contributed by atoms with Crippen LogP contribution in [0.4, 0.5) is 0 Å². The molecule has 6 heteroatoms. The zero-order valence-electron chi connectivity index (χ0n) is 8.60. The first-order chi connectivity index (χ1) is 7.38. The molecule has 2 aromatic rings. The van der Waals surface area contributed by atoms with Crippen LogP contribution in [0.1, 0.15) is 11.5 Å². The van der Waals surface area contributed by atoms with Gasteiger partial charge in [-0.1, -0.05) is 42.1 Å². The molecule has 0 aliphatic heterocycles. The van der Waals surface area contributed by atoms with E-state index in [-0.39, 0.29) is 12.4 Å². The average molecular weight is 258 g/mol. The van der Waals surface area contributed by atoms with Gasteiger partial charge in [-0.25, -0.2) is 0 Å². The number of hydrogen-bond donors (Lipinski definition) is 1. The fourth-order valence-corrected chi connectivity index (χ4v) is 1.85. The number of benzene rings is 1. The molecule has 3 N–H and O–H groups in total. The number of aromatic nitrogens is 2. The van der Waals surface area contributed by atoms with Gasteiger partial charge < -0.3 is 22.6 Å². The second kappa shape index (κ2) is 6.52. The summed E-state index contributed by atoms with van der Waals surface area (Å²) in [5.41, 5.74) is 4.93. The van der Waals surface area contributed by atoms with Crippen LogP contribution in [-0.4, -0.2) is 10.2 Å². The van der Waals surface area contributed by atoms with Crippen molar-refractivity contribution >= 4 is 11.8 Å². The lowest BCUT2D eigenvalue weighted by Crippen LogP contribution is -3.00. The Balaban J connectivity index is 0.00000128. The number of rotatable bonds is 4. The number of halogens is 1. The predicted molar refractivity (Wildman–Crippen MR) is 56.9 cm³/mol. The van der Waals surface area contributed by atoms with Gasteiger partial charge in [-0.3, -0.25) is 0 Å². The van der Waals surface area contributed by atoms with E-state index >= 15 is 0 Å². The minimum Gasteiger partial charge on any atom is -1.00 e. The van der Waals surface area contributed by atoms with Crippen LogP contribution in [0, 0.1) is 0 Å². The molecule has 1 aromatic carbocycles. The van der Waals surface area contributed by atoms with Crippen LogP contribution in [0.3, 0.4) is 0 Å². The summed E-state index contributed by atoms with van der Waals surface area (Å²) in [5.74, 6) is 1.44. The molecule has 1 aromatic heterocycles. The minimum absolute atomic E-state index is 0. The molecule has 0 bridgehead atoms. The lowest BCUT2D eigenvalue weighted by molar-refractivity contribution is -0.391. The highest BCUT2D eigenvalue weighted by molar-refractivity contribution is 7.98. The first kappa shape index (κ1) is 13.0. The molecule has 4 nitrogen and oxygen atoms in total. The van der Waals surface area contributed by atoms with Crippen LogP contribution < -0.4 is 18.1 Å². The van der Waals surface area contributed by atoms with Gasteiger partial charge in [-0.05, 0) is 5.56 Å². The van der Waals surface area contributed by atoms with E-state index in [0.29, 0.717) is 17.7 Å². The van der Waals surface area contributed by atoms with Crippen molar-refractivity contribution < 1.29 is 22.6 Å². The third kappa shape index (κ3) is 3.52. The Labute approximate surface area is 104 Å². The molecule has 0 radical (unpaired) electrons. The zero-order valence-corrected chi connectivity index (χ0v) is 10.2. The zero-order chi connectivity index (χ0) is 10.5. The van der Waals surface area contributed by atoms with Crippen LogP contribution >= 0.6 is 11.8 Å². The van der Waals surface area contributed by atoms with Crippen molar-refractivity contribution in [2.45, 2.75) is 17.5 Å². The van der Waals surface area contributed by atoms with E-state index in [1.165, 1.54) is 5.56 Å². The second-order valence-electron chi connectivity index (χ2n) is 2.99. The third-order valence-corrected chi connectivity index (χ3v) is 2.76. The summed E-state index contributed by atoms with van der Waals surface area (Å²) in [6.45, 7) is 0.541. The average Bonchev–Trinajstić information content (AvgIpc) is 2.76. The highest BCUT2D eigenvalue weighted by Crippen LogP contribution is 2.20. The molecule has 0 fully saturated rings. The highest BCUT2D eigenvalue weighted by atomic mass is 35.5. The van der Waals surface area contributed by atoms with Crippen molar-refractivity contribution in [3.05, 3.63) is 41.8 Å². The molecule has 0 saturated carbocycles. The Morgan fingerprint density at radius 2 is 1.94 bits per heavy atom. The van der Waals surface area contributed by atoms with Crippen LogP contribution in [0.15, 0.2) is 40.0 Å². The van der Waals surface area contributed by atoms with Gasteiger partial charge in [-0.15, -0.1) is 10.2 Å². The summed E-state index contributed by atoms with van der Waals surface area (Å²) in [6.07, 6.45) is 0. The summed E-state index contributed by atoms with van der Waals surface area (Å²) >= 11 is 1.54. The quantitative estimate of drug-likeness (QED) is 0.651. The van der Waals surface area contributed by atoms with E-state index in [9.17, 15) is 0 Å². The van der Waals surface area contributed by atoms with E-state index in [2.05, 4.69) is 28.1 Å². The number of hydrogen-bond acceptors (Lipinski definition) is 4. The van der Waals surface area contributed by atoms with Crippen LogP contribution in [0.25, 0.3) is 0 Å². The molecule has 0 amide bonds. The minimum atomic E-state index is 0. The Hall–Kier alpha value is -1.04. The maximum atomic E-state index is 5.33. The van der Waals surface area contributed by atoms with Crippen molar-refractivity contribution in [3.63, 3.8) is 0 Å². The predicted octanol–water partition coefficient (Wildman–Crippen LogP) is -1.89. The molecule has 0 aliphatic rings. The first-order valence-corrected chi connectivity index (χ1v) is 5.65. The van der Waals surface area contributed by atoms with Gasteiger partial charge in [0.25, 0.3) is 11.1 Å². The van der Waals surface area contributed by atoms with Crippen molar-refractivity contribution in [2.75, 3.05) is 0 Å². The molecule has 86 valence electrons. The smallest absolute Gasteiger partial charge is 0.277 e. The molecule has 2 rings (SSSR count). The van der Waals surface area contributed by atoms with Crippen molar-refractivity contribution in [3.8, 4) is 0 Å². The maximum Gasteiger partial charge on any atom is 0.277 e. The van der Waals surface area contributed by atoms with Gasteiger partial charge in [0.05, 0.1) is 0 Å². The van der Waals surface area contributed by atoms with Crippen LogP contribution in [0.2, 0.25) is 0 Å². The Morgan fingerprint density at radius 1 is 1.19 bits per heavy atom. The number of thioether (sulfide) groups is 1. The normalized spacial score (nSPS) is 9.81. The van der Waals surface area contributed by atoms with Crippen molar-refractivity contribution in [1.29, 1.82) is 0 Å². The van der Waals surface area contributed by atoms with E-state index in [1.807, 2.05) is 18.2 Å². The first-order valence-electron chi connectivity index (χ1n) is 4.67. The Morgan fingerprint density at radius 3 is 2.56 bits per heavy atom. The van der Waals surface area contributed by atoms with Gasteiger partial charge in [-0.2, -0.15) is 0 Å². The molecular formula is C10H12ClN3OS. The van der Waals surface area contributed by atoms with Gasteiger partial charge in [0, 0.05) is 5.75 Å². The third-order valence-electron chi connectivity index (χ3n) is 1.87. The molecule has 16 heavy (non-hydrogen) atoms. The molecular weight excluding hydrogens is 246 g/mol. The van der Waals surface area contributed by atoms with E-state index in [4.69, 9.17) is 4.42 Å². The number of quaternary nitrogens is 1. The molecule has 0 spiro atoms. The SMILES string of the molecule is [Cl-].[NH3+]Cc1nnc(SCc2ccccc2)o1. The van der Waals surface area contributed by atoms with Crippen molar-refractivity contribution in [2.24, 2.45) is 0 Å². The molecule has 0 unspecified atom stereocenters. The lowest BCUT2D eigenvalue weighted by atomic mass is 10.2. The van der Waals surface area contributed by atoms with Gasteiger partial charge in [0.2, 0.25) is 0 Å². The van der Waals surface area contributed by atoms with E-state index < -0.39 is 0 Å². The Bertz CT molecular complexity index is 421. The summed E-state index contributed by atoms with van der Waals surface area (Å²) in [5, 5.41) is 8.36. The molecule has 0 saturated heterocycles. The maximum absolute atomic E-state index is 5.33. The second-order valence-corrected chi connectivity index (χ2v) is 3.91. The number of nitrogens with zero attached hydrogens (tertiary/aromatic N) is 2. The van der Waals surface area contributed by atoms with Crippen molar-refractivity contribution in [1.82, 2.24) is 10.2 Å². The molecule has 0 atom stereocenters. The molecule has 0 aliphatic carbocycles. The summed E-state index contributed by atoms with van der Waals surface area (Å²) < 4.78 is 5.33.